The molecule has 0 saturated carbocycles. The molecule has 7 heteroatoms. The predicted molar refractivity (Wildman–Crippen MR) is 88.8 cm³/mol. The number of unbranched alkanes of at least 4 members (excludes halogenated alkanes) is 2. The summed E-state index contributed by atoms with van der Waals surface area (Å²) in [6.45, 7) is 1.64. The molecular weight excluding hydrogens is 352 g/mol. The molecule has 0 spiro atoms. The molecule has 26 heavy (non-hydrogen) atoms. The molecule has 2 atom stereocenters. The normalized spacial score (nSPS) is 23.4. The lowest BCUT2D eigenvalue weighted by molar-refractivity contribution is -0.175. The van der Waals surface area contributed by atoms with Crippen LogP contribution in [0.15, 0.2) is 47.8 Å². The van der Waals surface area contributed by atoms with Crippen LogP contribution in [0.3, 0.4) is 0 Å². The molecule has 0 aromatic heterocycles. The third kappa shape index (κ3) is 3.40. The Morgan fingerprint density at radius 3 is 2.38 bits per heavy atom. The van der Waals surface area contributed by atoms with Crippen molar-refractivity contribution in [2.45, 2.75) is 38.0 Å². The van der Waals surface area contributed by atoms with Crippen molar-refractivity contribution in [1.29, 1.82) is 0 Å². The third-order valence-electron chi connectivity index (χ3n) is 4.19. The highest BCUT2D eigenvalue weighted by Crippen LogP contribution is 2.47. The average Bonchev–Trinajstić information content (AvgIpc) is 2.66. The van der Waals surface area contributed by atoms with E-state index < -0.39 is 40.8 Å². The van der Waals surface area contributed by atoms with Gasteiger partial charge in [0.25, 0.3) is 5.60 Å². The first-order valence-electron chi connectivity index (χ1n) is 8.29. The van der Waals surface area contributed by atoms with Crippen LogP contribution in [0, 0.1) is 0 Å². The quantitative estimate of drug-likeness (QED) is 0.384. The lowest BCUT2D eigenvalue weighted by Crippen LogP contribution is -2.54. The number of rotatable bonds is 7. The van der Waals surface area contributed by atoms with E-state index >= 15 is 0 Å². The summed E-state index contributed by atoms with van der Waals surface area (Å²) < 4.78 is 68.6. The Kier molecular flexibility index (Phi) is 6.58. The van der Waals surface area contributed by atoms with Crippen LogP contribution in [0.25, 0.3) is 5.57 Å². The van der Waals surface area contributed by atoms with Gasteiger partial charge in [-0.15, -0.1) is 0 Å². The number of benzene rings is 1. The number of methoxy groups -OCH3 is 1. The lowest BCUT2D eigenvalue weighted by Gasteiger charge is -2.35. The lowest BCUT2D eigenvalue weighted by atomic mass is 9.84. The Bertz CT molecular complexity index is 715. The zero-order valence-electron chi connectivity index (χ0n) is 14.5. The molecule has 0 fully saturated rings. The molecule has 0 radical (unpaired) electrons. The number of halogens is 4. The van der Waals surface area contributed by atoms with Crippen molar-refractivity contribution in [3.05, 3.63) is 53.4 Å². The third-order valence-corrected chi connectivity index (χ3v) is 4.19. The second-order valence-electron chi connectivity index (χ2n) is 5.86. The van der Waals surface area contributed by atoms with E-state index in [1.54, 1.807) is 6.07 Å². The SMILES string of the molecule is CCCCCOC1(C(=O)OC)C(F)=C(F)C(c2ccccc2)=C(F)C1F. The van der Waals surface area contributed by atoms with E-state index in [4.69, 9.17) is 4.74 Å². The first-order chi connectivity index (χ1) is 12.4. The molecule has 3 nitrogen and oxygen atoms in total. The largest absolute Gasteiger partial charge is 0.466 e. The van der Waals surface area contributed by atoms with Crippen LogP contribution in [-0.2, 0) is 14.3 Å². The molecule has 0 N–H and O–H groups in total. The minimum absolute atomic E-state index is 0.0512. The van der Waals surface area contributed by atoms with E-state index in [2.05, 4.69) is 4.74 Å². The number of carbonyl (C=O) groups is 1. The Hall–Kier alpha value is -2.15. The predicted octanol–water partition coefficient (Wildman–Crippen LogP) is 4.99. The van der Waals surface area contributed by atoms with Gasteiger partial charge < -0.3 is 9.47 Å². The molecule has 0 heterocycles. The second-order valence-corrected chi connectivity index (χ2v) is 5.86. The van der Waals surface area contributed by atoms with Gasteiger partial charge in [-0.25, -0.2) is 22.4 Å². The van der Waals surface area contributed by atoms with Crippen LogP contribution in [0.5, 0.6) is 0 Å². The van der Waals surface area contributed by atoms with Crippen LogP contribution in [-0.4, -0.2) is 31.5 Å². The first-order valence-corrected chi connectivity index (χ1v) is 8.29. The van der Waals surface area contributed by atoms with Crippen LogP contribution in [0.4, 0.5) is 17.6 Å². The van der Waals surface area contributed by atoms with Gasteiger partial charge in [0, 0.05) is 6.61 Å². The van der Waals surface area contributed by atoms with Crippen molar-refractivity contribution >= 4 is 11.5 Å². The molecule has 142 valence electrons. The minimum Gasteiger partial charge on any atom is -0.466 e. The zero-order chi connectivity index (χ0) is 19.3. The molecule has 1 aliphatic rings. The highest BCUT2D eigenvalue weighted by molar-refractivity contribution is 5.91. The van der Waals surface area contributed by atoms with Gasteiger partial charge in [0.2, 0.25) is 0 Å². The fraction of sp³-hybridized carbons (Fsp3) is 0.421. The zero-order valence-corrected chi connectivity index (χ0v) is 14.5. The Morgan fingerprint density at radius 1 is 1.15 bits per heavy atom. The summed E-state index contributed by atoms with van der Waals surface area (Å²) in [6.07, 6.45) is -1.05. The number of carbonyl (C=O) groups excluding carboxylic acids is 1. The monoisotopic (exact) mass is 372 g/mol. The van der Waals surface area contributed by atoms with E-state index in [0.717, 1.165) is 13.5 Å². The Balaban J connectivity index is 2.52. The summed E-state index contributed by atoms with van der Waals surface area (Å²) in [5, 5.41) is 0. The van der Waals surface area contributed by atoms with Crippen LogP contribution in [0.1, 0.15) is 31.7 Å². The van der Waals surface area contributed by atoms with Gasteiger partial charge in [-0.2, -0.15) is 0 Å². The second kappa shape index (κ2) is 8.49. The van der Waals surface area contributed by atoms with E-state index in [0.29, 0.717) is 12.8 Å². The number of ether oxygens (including phenoxy) is 2. The van der Waals surface area contributed by atoms with Crippen molar-refractivity contribution in [1.82, 2.24) is 0 Å². The van der Waals surface area contributed by atoms with Gasteiger partial charge in [-0.05, 0) is 12.0 Å². The van der Waals surface area contributed by atoms with Gasteiger partial charge in [0.15, 0.2) is 17.8 Å². The summed E-state index contributed by atoms with van der Waals surface area (Å²) in [4.78, 5) is 12.1. The van der Waals surface area contributed by atoms with Crippen molar-refractivity contribution in [2.24, 2.45) is 0 Å². The van der Waals surface area contributed by atoms with Crippen molar-refractivity contribution in [2.75, 3.05) is 13.7 Å². The number of hydrogen-bond acceptors (Lipinski definition) is 3. The summed E-state index contributed by atoms with van der Waals surface area (Å²) in [5.74, 6) is -6.65. The maximum Gasteiger partial charge on any atom is 0.349 e. The van der Waals surface area contributed by atoms with E-state index in [1.807, 2.05) is 6.92 Å². The summed E-state index contributed by atoms with van der Waals surface area (Å²) >= 11 is 0. The maximum atomic E-state index is 14.9. The highest BCUT2D eigenvalue weighted by Gasteiger charge is 2.60. The molecule has 1 aromatic rings. The van der Waals surface area contributed by atoms with E-state index in [9.17, 15) is 22.4 Å². The van der Waals surface area contributed by atoms with Crippen molar-refractivity contribution < 1.29 is 31.8 Å². The number of allylic oxidation sites excluding steroid dienone is 2. The molecule has 1 aromatic carbocycles. The average molecular weight is 372 g/mol. The summed E-state index contributed by atoms with van der Waals surface area (Å²) in [5.41, 5.74) is -4.04. The van der Waals surface area contributed by atoms with Gasteiger partial charge >= 0.3 is 5.97 Å². The van der Waals surface area contributed by atoms with Crippen LogP contribution >= 0.6 is 0 Å². The Morgan fingerprint density at radius 2 is 1.81 bits per heavy atom. The number of hydrogen-bond donors (Lipinski definition) is 0. The maximum absolute atomic E-state index is 14.9. The molecule has 0 saturated heterocycles. The van der Waals surface area contributed by atoms with Crippen LogP contribution in [0.2, 0.25) is 0 Å². The Labute approximate surface area is 149 Å². The standard InChI is InChI=1S/C19H20F4O3/c1-3-4-8-11-26-19(18(24)25-2)16(22)14(20)13(15(21)17(19)23)12-9-6-5-7-10-12/h5-7,9-10,16H,3-4,8,11H2,1-2H3. The van der Waals surface area contributed by atoms with E-state index in [-0.39, 0.29) is 12.2 Å². The minimum atomic E-state index is -3.12. The fourth-order valence-corrected chi connectivity index (χ4v) is 2.79. The highest BCUT2D eigenvalue weighted by atomic mass is 19.2. The van der Waals surface area contributed by atoms with Gasteiger partial charge in [-0.3, -0.25) is 0 Å². The smallest absolute Gasteiger partial charge is 0.349 e. The number of alkyl halides is 1. The molecule has 0 amide bonds. The first kappa shape index (κ1) is 20.2. The summed E-state index contributed by atoms with van der Waals surface area (Å²) in [7, 11) is 0.867. The topological polar surface area (TPSA) is 35.5 Å². The van der Waals surface area contributed by atoms with Gasteiger partial charge in [0.05, 0.1) is 12.7 Å². The summed E-state index contributed by atoms with van der Waals surface area (Å²) in [6, 6.07) is 7.14. The van der Waals surface area contributed by atoms with Crippen LogP contribution < -0.4 is 0 Å². The van der Waals surface area contributed by atoms with Gasteiger partial charge in [0.1, 0.15) is 5.83 Å². The molecule has 1 aliphatic carbocycles. The molecular formula is C19H20F4O3. The van der Waals surface area contributed by atoms with Gasteiger partial charge in [-0.1, -0.05) is 50.1 Å². The molecule has 0 aliphatic heterocycles. The molecule has 0 bridgehead atoms. The van der Waals surface area contributed by atoms with Crippen molar-refractivity contribution in [3.63, 3.8) is 0 Å². The van der Waals surface area contributed by atoms with E-state index in [1.165, 1.54) is 24.3 Å². The van der Waals surface area contributed by atoms with Crippen molar-refractivity contribution in [3.8, 4) is 0 Å². The number of esters is 1. The molecule has 2 unspecified atom stereocenters. The molecule has 2 rings (SSSR count). The fourth-order valence-electron chi connectivity index (χ4n) is 2.79.